The molecule has 10 nitrogen and oxygen atoms in total. The van der Waals surface area contributed by atoms with Gasteiger partial charge >= 0.3 is 5.97 Å². The lowest BCUT2D eigenvalue weighted by Gasteiger charge is -2.30. The summed E-state index contributed by atoms with van der Waals surface area (Å²) in [5.74, 6) is -4.11. The van der Waals surface area contributed by atoms with Gasteiger partial charge in [-0.3, -0.25) is 19.2 Å². The Morgan fingerprint density at radius 2 is 1.94 bits per heavy atom. The van der Waals surface area contributed by atoms with Crippen LogP contribution in [0.4, 0.5) is 0 Å². The van der Waals surface area contributed by atoms with Gasteiger partial charge in [-0.1, -0.05) is 12.1 Å². The maximum Gasteiger partial charge on any atom is 0.322 e. The third kappa shape index (κ3) is 5.47. The van der Waals surface area contributed by atoms with Crippen molar-refractivity contribution in [3.63, 3.8) is 0 Å². The molecule has 2 N–H and O–H groups in total. The Morgan fingerprint density at radius 3 is 2.55 bits per heavy atom. The normalized spacial score (nSPS) is 16.3. The third-order valence-electron chi connectivity index (χ3n) is 4.94. The number of hydrogen-bond donors (Lipinski definition) is 2. The zero-order valence-electron chi connectivity index (χ0n) is 17.3. The summed E-state index contributed by atoms with van der Waals surface area (Å²) in [6, 6.07) is 9.12. The van der Waals surface area contributed by atoms with Crippen LogP contribution in [0.3, 0.4) is 0 Å². The molecule has 3 rings (SSSR count). The quantitative estimate of drug-likeness (QED) is 0.591. The van der Waals surface area contributed by atoms with Crippen LogP contribution in [0.2, 0.25) is 0 Å². The number of piperidine rings is 1. The maximum atomic E-state index is 12.6. The lowest BCUT2D eigenvalue weighted by molar-refractivity contribution is -0.152. The standard InChI is InChI=1S/C21H24N4O6/c1-13-9-14(2)25(23-13)12-31-16-5-3-15(4-6-16)11-24-8-7-17(26)19(21(24)30)20(29)22-10-18(27)28/h3-6,9,19H,7-8,10-12H2,1-2H3,(H,22,29)(H,27,28). The molecule has 1 saturated heterocycles. The van der Waals surface area contributed by atoms with Crippen LogP contribution in [-0.2, 0) is 32.5 Å². The number of carboxylic acid groups (broad SMARTS) is 1. The van der Waals surface area contributed by atoms with E-state index in [1.54, 1.807) is 28.9 Å². The zero-order valence-corrected chi connectivity index (χ0v) is 17.3. The number of amides is 2. The Hall–Kier alpha value is -3.69. The number of Topliss-reactive ketones (excluding diaryl/α,β-unsaturated/α-hetero) is 1. The van der Waals surface area contributed by atoms with Crippen LogP contribution in [-0.4, -0.2) is 56.4 Å². The van der Waals surface area contributed by atoms with Crippen molar-refractivity contribution < 1.29 is 29.0 Å². The van der Waals surface area contributed by atoms with Gasteiger partial charge in [-0.15, -0.1) is 0 Å². The van der Waals surface area contributed by atoms with Crippen LogP contribution >= 0.6 is 0 Å². The van der Waals surface area contributed by atoms with E-state index in [1.807, 2.05) is 19.9 Å². The Bertz CT molecular complexity index is 998. The number of rotatable bonds is 8. The molecule has 164 valence electrons. The van der Waals surface area contributed by atoms with E-state index in [0.717, 1.165) is 17.0 Å². The first kappa shape index (κ1) is 22.0. The summed E-state index contributed by atoms with van der Waals surface area (Å²) in [6.07, 6.45) is 0.0424. The molecule has 1 aliphatic rings. The molecule has 2 aromatic rings. The molecule has 0 radical (unpaired) electrons. The number of nitrogens with zero attached hydrogens (tertiary/aromatic N) is 3. The van der Waals surface area contributed by atoms with Crippen LogP contribution in [0, 0.1) is 19.8 Å². The van der Waals surface area contributed by atoms with Gasteiger partial charge < -0.3 is 20.1 Å². The molecule has 1 unspecified atom stereocenters. The molecule has 31 heavy (non-hydrogen) atoms. The molecule has 1 atom stereocenters. The van der Waals surface area contributed by atoms with Gasteiger partial charge in [-0.25, -0.2) is 4.68 Å². The first-order chi connectivity index (χ1) is 14.7. The van der Waals surface area contributed by atoms with Crippen molar-refractivity contribution in [3.05, 3.63) is 47.3 Å². The topological polar surface area (TPSA) is 131 Å². The fourth-order valence-electron chi connectivity index (χ4n) is 3.35. The number of aromatic nitrogens is 2. The van der Waals surface area contributed by atoms with Gasteiger partial charge in [0.15, 0.2) is 18.4 Å². The predicted octanol–water partition coefficient (Wildman–Crippen LogP) is 0.655. The van der Waals surface area contributed by atoms with Crippen molar-refractivity contribution in [2.45, 2.75) is 33.5 Å². The van der Waals surface area contributed by atoms with Gasteiger partial charge in [0.05, 0.1) is 5.69 Å². The minimum Gasteiger partial charge on any atom is -0.480 e. The third-order valence-corrected chi connectivity index (χ3v) is 4.94. The summed E-state index contributed by atoms with van der Waals surface area (Å²) >= 11 is 0. The molecule has 1 aromatic heterocycles. The summed E-state index contributed by atoms with van der Waals surface area (Å²) < 4.78 is 7.49. The Kier molecular flexibility index (Phi) is 6.68. The Balaban J connectivity index is 1.59. The molecule has 0 saturated carbocycles. The van der Waals surface area contributed by atoms with Crippen LogP contribution in [0.1, 0.15) is 23.4 Å². The molecule has 1 fully saturated rings. The molecule has 2 amide bonds. The number of likely N-dealkylation sites (tertiary alicyclic amines) is 1. The van der Waals surface area contributed by atoms with Crippen LogP contribution in [0.25, 0.3) is 0 Å². The summed E-state index contributed by atoms with van der Waals surface area (Å²) in [5, 5.41) is 15.1. The van der Waals surface area contributed by atoms with Gasteiger partial charge in [-0.05, 0) is 37.6 Å². The van der Waals surface area contributed by atoms with Crippen molar-refractivity contribution in [1.29, 1.82) is 0 Å². The van der Waals surface area contributed by atoms with Gasteiger partial charge in [-0.2, -0.15) is 5.10 Å². The molecular formula is C21H24N4O6. The fourth-order valence-corrected chi connectivity index (χ4v) is 3.35. The molecule has 0 spiro atoms. The minimum atomic E-state index is -1.50. The highest BCUT2D eigenvalue weighted by Crippen LogP contribution is 2.20. The molecular weight excluding hydrogens is 404 g/mol. The summed E-state index contributed by atoms with van der Waals surface area (Å²) in [6.45, 7) is 3.92. The minimum absolute atomic E-state index is 0.0424. The van der Waals surface area contributed by atoms with Crippen LogP contribution in [0.15, 0.2) is 30.3 Å². The van der Waals surface area contributed by atoms with Crippen molar-refractivity contribution in [2.24, 2.45) is 5.92 Å². The number of benzene rings is 1. The number of ether oxygens (including phenoxy) is 1. The molecule has 1 aliphatic heterocycles. The number of aryl methyl sites for hydroxylation is 2. The molecule has 10 heteroatoms. The Labute approximate surface area is 178 Å². The lowest BCUT2D eigenvalue weighted by Crippen LogP contribution is -2.52. The second kappa shape index (κ2) is 9.41. The van der Waals surface area contributed by atoms with Crippen molar-refractivity contribution in [1.82, 2.24) is 20.0 Å². The van der Waals surface area contributed by atoms with E-state index in [1.165, 1.54) is 4.90 Å². The van der Waals surface area contributed by atoms with Gasteiger partial charge in [0.1, 0.15) is 12.3 Å². The lowest BCUT2D eigenvalue weighted by atomic mass is 9.94. The number of ketones is 1. The number of carboxylic acids is 1. The highest BCUT2D eigenvalue weighted by molar-refractivity contribution is 6.19. The maximum absolute atomic E-state index is 12.6. The largest absolute Gasteiger partial charge is 0.480 e. The monoisotopic (exact) mass is 428 g/mol. The van der Waals surface area contributed by atoms with Gasteiger partial charge in [0.2, 0.25) is 11.8 Å². The van der Waals surface area contributed by atoms with Crippen molar-refractivity contribution in [2.75, 3.05) is 13.1 Å². The van der Waals surface area contributed by atoms with E-state index in [9.17, 15) is 19.2 Å². The first-order valence-electron chi connectivity index (χ1n) is 9.78. The number of carbonyl (C=O) groups is 4. The second-order valence-corrected chi connectivity index (χ2v) is 7.36. The summed E-state index contributed by atoms with van der Waals surface area (Å²) in [7, 11) is 0. The predicted molar refractivity (Wildman–Crippen MR) is 108 cm³/mol. The number of aliphatic carboxylic acids is 1. The van der Waals surface area contributed by atoms with E-state index in [4.69, 9.17) is 9.84 Å². The van der Waals surface area contributed by atoms with Crippen molar-refractivity contribution >= 4 is 23.6 Å². The number of hydrogen-bond acceptors (Lipinski definition) is 6. The molecule has 2 heterocycles. The highest BCUT2D eigenvalue weighted by atomic mass is 16.5. The smallest absolute Gasteiger partial charge is 0.322 e. The van der Waals surface area contributed by atoms with Gasteiger partial charge in [0, 0.05) is 25.2 Å². The second-order valence-electron chi connectivity index (χ2n) is 7.36. The number of carbonyl (C=O) groups excluding carboxylic acids is 3. The average molecular weight is 428 g/mol. The average Bonchev–Trinajstić information content (AvgIpc) is 3.05. The Morgan fingerprint density at radius 1 is 1.23 bits per heavy atom. The summed E-state index contributed by atoms with van der Waals surface area (Å²) in [5.41, 5.74) is 2.72. The first-order valence-corrected chi connectivity index (χ1v) is 9.78. The molecule has 0 bridgehead atoms. The molecule has 0 aliphatic carbocycles. The highest BCUT2D eigenvalue weighted by Gasteiger charge is 2.40. The van der Waals surface area contributed by atoms with Gasteiger partial charge in [0.25, 0.3) is 0 Å². The van der Waals surface area contributed by atoms with E-state index in [2.05, 4.69) is 10.4 Å². The number of nitrogens with one attached hydrogen (secondary N) is 1. The molecule has 1 aromatic carbocycles. The fraction of sp³-hybridized carbons (Fsp3) is 0.381. The van der Waals surface area contributed by atoms with E-state index >= 15 is 0 Å². The van der Waals surface area contributed by atoms with Crippen molar-refractivity contribution in [3.8, 4) is 5.75 Å². The zero-order chi connectivity index (χ0) is 22.5. The van der Waals surface area contributed by atoms with E-state index in [-0.39, 0.29) is 26.2 Å². The summed E-state index contributed by atoms with van der Waals surface area (Å²) in [4.78, 5) is 48.9. The van der Waals surface area contributed by atoms with E-state index < -0.39 is 36.0 Å². The van der Waals surface area contributed by atoms with Crippen LogP contribution < -0.4 is 10.1 Å². The van der Waals surface area contributed by atoms with E-state index in [0.29, 0.717) is 5.75 Å². The van der Waals surface area contributed by atoms with Crippen LogP contribution in [0.5, 0.6) is 5.75 Å². The SMILES string of the molecule is Cc1cc(C)n(COc2ccc(CN3CCC(=O)C(C(=O)NCC(=O)O)C3=O)cc2)n1.